The van der Waals surface area contributed by atoms with Gasteiger partial charge in [-0.15, -0.1) is 0 Å². The van der Waals surface area contributed by atoms with Crippen LogP contribution in [-0.4, -0.2) is 66.8 Å². The summed E-state index contributed by atoms with van der Waals surface area (Å²) in [4.78, 5) is 29.2. The number of carbonyl (C=O) groups is 2. The van der Waals surface area contributed by atoms with Crippen molar-refractivity contribution in [3.05, 3.63) is 52.6 Å². The molecule has 0 bridgehead atoms. The number of phenolic OH excluding ortho intramolecular Hbond substituents is 1. The van der Waals surface area contributed by atoms with E-state index in [0.29, 0.717) is 23.1 Å². The van der Waals surface area contributed by atoms with Crippen LogP contribution >= 0.6 is 0 Å². The highest BCUT2D eigenvalue weighted by atomic mass is 16.5. The molecule has 1 saturated heterocycles. The van der Waals surface area contributed by atoms with Gasteiger partial charge < -0.3 is 25.2 Å². The first-order valence-corrected chi connectivity index (χ1v) is 11.6. The zero-order valence-corrected chi connectivity index (χ0v) is 20.2. The van der Waals surface area contributed by atoms with Crippen LogP contribution in [0, 0.1) is 12.3 Å². The number of carboxylic acid groups (broad SMARTS) is 1. The highest BCUT2D eigenvalue weighted by molar-refractivity contribution is 5.91. The summed E-state index contributed by atoms with van der Waals surface area (Å²) in [5.74, 6) is -0.249. The number of methoxy groups -OCH3 is 1. The minimum atomic E-state index is -1.02. The second kappa shape index (κ2) is 9.18. The molecule has 1 amide bonds. The molecule has 3 N–H and O–H groups in total. The van der Waals surface area contributed by atoms with Crippen molar-refractivity contribution in [3.63, 3.8) is 0 Å². The fourth-order valence-corrected chi connectivity index (χ4v) is 5.16. The average molecular weight is 468 g/mol. The summed E-state index contributed by atoms with van der Waals surface area (Å²) in [5.41, 5.74) is 2.54. The van der Waals surface area contributed by atoms with Crippen molar-refractivity contribution < 1.29 is 24.5 Å². The first-order chi connectivity index (χ1) is 16.1. The summed E-state index contributed by atoms with van der Waals surface area (Å²) in [7, 11) is 1.66. The molecule has 1 atom stereocenters. The predicted octanol–water partition coefficient (Wildman–Crippen LogP) is 2.97. The van der Waals surface area contributed by atoms with Gasteiger partial charge in [0.05, 0.1) is 25.3 Å². The Morgan fingerprint density at radius 3 is 2.53 bits per heavy atom. The Balaban J connectivity index is 1.43. The number of aryl methyl sites for hydroxylation is 1. The summed E-state index contributed by atoms with van der Waals surface area (Å²) in [6.45, 7) is 9.04. The lowest BCUT2D eigenvalue weighted by Crippen LogP contribution is -2.50. The molecule has 0 aromatic heterocycles. The maximum atomic E-state index is 13.0. The van der Waals surface area contributed by atoms with Gasteiger partial charge in [0, 0.05) is 43.5 Å². The van der Waals surface area contributed by atoms with Crippen LogP contribution in [0.4, 0.5) is 5.69 Å². The molecule has 1 aliphatic carbocycles. The summed E-state index contributed by atoms with van der Waals surface area (Å²) in [5, 5.41) is 23.5. The van der Waals surface area contributed by atoms with Crippen LogP contribution in [0.15, 0.2) is 30.3 Å². The molecule has 182 valence electrons. The van der Waals surface area contributed by atoms with Crippen LogP contribution in [0.2, 0.25) is 0 Å². The van der Waals surface area contributed by atoms with Gasteiger partial charge >= 0.3 is 5.97 Å². The Morgan fingerprint density at radius 2 is 1.88 bits per heavy atom. The lowest BCUT2D eigenvalue weighted by Gasteiger charge is -2.36. The monoisotopic (exact) mass is 467 g/mol. The normalized spacial score (nSPS) is 19.5. The van der Waals surface area contributed by atoms with E-state index in [-0.39, 0.29) is 23.8 Å². The quantitative estimate of drug-likeness (QED) is 0.600. The van der Waals surface area contributed by atoms with Crippen molar-refractivity contribution in [2.75, 3.05) is 44.7 Å². The van der Waals surface area contributed by atoms with Gasteiger partial charge in [-0.3, -0.25) is 9.69 Å². The molecular formula is C26H33N3O5. The van der Waals surface area contributed by atoms with Gasteiger partial charge in [-0.25, -0.2) is 4.79 Å². The molecule has 34 heavy (non-hydrogen) atoms. The standard InChI is InChI=1S/C26H33N3O5/c1-16-12-19(25(32)33)20-14-26(2,3)24(22(20)23(16)31)27-21(30)15-28-8-10-29(11-9-28)17-6-5-7-18(13-17)34-4/h5-7,12-13,24,31H,8-11,14-15H2,1-4H3,(H,27,30)(H,32,33). The van der Waals surface area contributed by atoms with E-state index in [1.165, 1.54) is 6.07 Å². The van der Waals surface area contributed by atoms with Crippen molar-refractivity contribution in [2.45, 2.75) is 33.2 Å². The first kappa shape index (κ1) is 23.9. The van der Waals surface area contributed by atoms with E-state index in [1.54, 1.807) is 14.0 Å². The van der Waals surface area contributed by atoms with E-state index in [4.69, 9.17) is 4.74 Å². The molecule has 2 aliphatic rings. The number of phenols is 1. The van der Waals surface area contributed by atoms with Gasteiger partial charge in [0.15, 0.2) is 0 Å². The molecule has 8 nitrogen and oxygen atoms in total. The van der Waals surface area contributed by atoms with E-state index < -0.39 is 17.4 Å². The van der Waals surface area contributed by atoms with Crippen LogP contribution in [0.25, 0.3) is 0 Å². The number of nitrogens with zero attached hydrogens (tertiary/aromatic N) is 2. The number of benzene rings is 2. The number of rotatable bonds is 6. The summed E-state index contributed by atoms with van der Waals surface area (Å²) in [6, 6.07) is 9.03. The highest BCUT2D eigenvalue weighted by Gasteiger charge is 2.44. The largest absolute Gasteiger partial charge is 0.507 e. The van der Waals surface area contributed by atoms with Gasteiger partial charge in [0.1, 0.15) is 11.5 Å². The maximum absolute atomic E-state index is 13.0. The van der Waals surface area contributed by atoms with Crippen molar-refractivity contribution in [3.8, 4) is 11.5 Å². The van der Waals surface area contributed by atoms with Crippen LogP contribution in [-0.2, 0) is 11.2 Å². The molecule has 1 heterocycles. The molecule has 4 rings (SSSR count). The predicted molar refractivity (Wildman–Crippen MR) is 130 cm³/mol. The van der Waals surface area contributed by atoms with E-state index in [0.717, 1.165) is 37.6 Å². The zero-order valence-electron chi connectivity index (χ0n) is 20.2. The SMILES string of the molecule is COc1cccc(N2CCN(CC(=O)NC3c4c(O)c(C)cc(C(=O)O)c4CC3(C)C)CC2)c1. The molecule has 1 unspecified atom stereocenters. The van der Waals surface area contributed by atoms with Crippen LogP contribution < -0.4 is 15.0 Å². The fourth-order valence-electron chi connectivity index (χ4n) is 5.16. The van der Waals surface area contributed by atoms with Crippen LogP contribution in [0.3, 0.4) is 0 Å². The minimum absolute atomic E-state index is 0.0720. The third-order valence-corrected chi connectivity index (χ3v) is 7.04. The van der Waals surface area contributed by atoms with E-state index in [2.05, 4.69) is 21.2 Å². The summed E-state index contributed by atoms with van der Waals surface area (Å²) < 4.78 is 5.32. The molecule has 1 aliphatic heterocycles. The number of carboxylic acids is 1. The van der Waals surface area contributed by atoms with Gasteiger partial charge in [0.2, 0.25) is 5.91 Å². The number of ether oxygens (including phenoxy) is 1. The van der Waals surface area contributed by atoms with Crippen molar-refractivity contribution in [2.24, 2.45) is 5.41 Å². The van der Waals surface area contributed by atoms with Gasteiger partial charge in [0.25, 0.3) is 0 Å². The van der Waals surface area contributed by atoms with Gasteiger partial charge in [-0.2, -0.15) is 0 Å². The number of hydrogen-bond acceptors (Lipinski definition) is 6. The first-order valence-electron chi connectivity index (χ1n) is 11.6. The van der Waals surface area contributed by atoms with Crippen LogP contribution in [0.5, 0.6) is 11.5 Å². The van der Waals surface area contributed by atoms with Gasteiger partial charge in [-0.1, -0.05) is 19.9 Å². The van der Waals surface area contributed by atoms with Gasteiger partial charge in [-0.05, 0) is 48.1 Å². The Morgan fingerprint density at radius 1 is 1.18 bits per heavy atom. The number of amides is 1. The Hall–Kier alpha value is -3.26. The van der Waals surface area contributed by atoms with E-state index in [9.17, 15) is 19.8 Å². The second-order valence-corrected chi connectivity index (χ2v) is 9.92. The molecule has 0 spiro atoms. The average Bonchev–Trinajstić information content (AvgIpc) is 3.06. The van der Waals surface area contributed by atoms with Crippen molar-refractivity contribution in [1.82, 2.24) is 10.2 Å². The molecule has 0 saturated carbocycles. The lowest BCUT2D eigenvalue weighted by molar-refractivity contribution is -0.123. The fraction of sp³-hybridized carbons (Fsp3) is 0.462. The second-order valence-electron chi connectivity index (χ2n) is 9.92. The number of nitrogens with one attached hydrogen (secondary N) is 1. The molecule has 2 aromatic rings. The number of aromatic hydroxyl groups is 1. The lowest BCUT2D eigenvalue weighted by atomic mass is 9.85. The maximum Gasteiger partial charge on any atom is 0.335 e. The number of hydrogen-bond donors (Lipinski definition) is 3. The third-order valence-electron chi connectivity index (χ3n) is 7.04. The highest BCUT2D eigenvalue weighted by Crippen LogP contribution is 2.50. The number of fused-ring (bicyclic) bond motifs is 1. The molecule has 2 aromatic carbocycles. The summed E-state index contributed by atoms with van der Waals surface area (Å²) in [6.07, 6.45) is 0.474. The topological polar surface area (TPSA) is 102 Å². The van der Waals surface area contributed by atoms with Crippen molar-refractivity contribution in [1.29, 1.82) is 0 Å². The minimum Gasteiger partial charge on any atom is -0.507 e. The Kier molecular flexibility index (Phi) is 6.45. The van der Waals surface area contributed by atoms with E-state index in [1.807, 2.05) is 32.0 Å². The zero-order chi connectivity index (χ0) is 24.6. The number of anilines is 1. The van der Waals surface area contributed by atoms with Crippen LogP contribution in [0.1, 0.15) is 46.9 Å². The van der Waals surface area contributed by atoms with E-state index >= 15 is 0 Å². The molecular weight excluding hydrogens is 434 g/mol. The molecule has 8 heteroatoms. The number of carbonyl (C=O) groups excluding carboxylic acids is 1. The Bertz CT molecular complexity index is 1110. The third kappa shape index (κ3) is 4.55. The Labute approximate surface area is 200 Å². The molecule has 1 fully saturated rings. The molecule has 0 radical (unpaired) electrons. The van der Waals surface area contributed by atoms with Crippen molar-refractivity contribution >= 4 is 17.6 Å². The smallest absolute Gasteiger partial charge is 0.335 e. The summed E-state index contributed by atoms with van der Waals surface area (Å²) >= 11 is 0. The number of piperazine rings is 1. The number of aromatic carboxylic acids is 1.